The topological polar surface area (TPSA) is 27.7 Å². The maximum absolute atomic E-state index is 5.61. The quantitative estimate of drug-likeness (QED) is 0.670. The first-order valence-corrected chi connectivity index (χ1v) is 8.04. The minimum absolute atomic E-state index is 0.468. The molecule has 2 aliphatic rings. The third kappa shape index (κ3) is 5.03. The highest BCUT2D eigenvalue weighted by atomic mass is 16.5. The fraction of sp³-hybridized carbons (Fsp3) is 1.00. The highest BCUT2D eigenvalue weighted by Crippen LogP contribution is 2.17. The Hall–Kier alpha value is -0.160. The van der Waals surface area contributed by atoms with Gasteiger partial charge in [0.1, 0.15) is 0 Å². The summed E-state index contributed by atoms with van der Waals surface area (Å²) in [5, 5.41) is 3.53. The summed E-state index contributed by atoms with van der Waals surface area (Å²) in [6.07, 6.45) is 5.69. The van der Waals surface area contributed by atoms with Crippen LogP contribution in [0, 0.1) is 0 Å². The summed E-state index contributed by atoms with van der Waals surface area (Å²) in [5.41, 5.74) is 0. The van der Waals surface area contributed by atoms with Gasteiger partial charge in [0.15, 0.2) is 0 Å². The highest BCUT2D eigenvalue weighted by Gasteiger charge is 2.23. The molecule has 4 nitrogen and oxygen atoms in total. The van der Waals surface area contributed by atoms with Crippen LogP contribution in [0.25, 0.3) is 0 Å². The molecule has 2 heterocycles. The van der Waals surface area contributed by atoms with Gasteiger partial charge in [-0.05, 0) is 45.8 Å². The maximum atomic E-state index is 5.61. The van der Waals surface area contributed by atoms with Crippen molar-refractivity contribution in [3.63, 3.8) is 0 Å². The first kappa shape index (κ1) is 15.2. The molecule has 2 atom stereocenters. The number of hydrogen-bond acceptors (Lipinski definition) is 4. The average molecular weight is 269 g/mol. The predicted molar refractivity (Wildman–Crippen MR) is 79.6 cm³/mol. The van der Waals surface area contributed by atoms with Crippen LogP contribution in [-0.4, -0.2) is 74.9 Å². The molecule has 1 N–H and O–H groups in total. The van der Waals surface area contributed by atoms with E-state index in [0.717, 1.165) is 32.3 Å². The Morgan fingerprint density at radius 1 is 1.32 bits per heavy atom. The Morgan fingerprint density at radius 2 is 2.21 bits per heavy atom. The third-order valence-electron chi connectivity index (χ3n) is 4.49. The molecule has 2 fully saturated rings. The van der Waals surface area contributed by atoms with Crippen molar-refractivity contribution in [1.29, 1.82) is 0 Å². The minimum Gasteiger partial charge on any atom is -0.377 e. The first-order valence-electron chi connectivity index (χ1n) is 8.04. The summed E-state index contributed by atoms with van der Waals surface area (Å²) in [7, 11) is 2.25. The Morgan fingerprint density at radius 3 is 2.95 bits per heavy atom. The zero-order valence-corrected chi connectivity index (χ0v) is 12.7. The van der Waals surface area contributed by atoms with E-state index in [4.69, 9.17) is 4.74 Å². The number of nitrogens with one attached hydrogen (secondary N) is 1. The third-order valence-corrected chi connectivity index (χ3v) is 4.49. The highest BCUT2D eigenvalue weighted by molar-refractivity contribution is 4.80. The van der Waals surface area contributed by atoms with Crippen LogP contribution in [-0.2, 0) is 4.74 Å². The van der Waals surface area contributed by atoms with E-state index in [1.54, 1.807) is 0 Å². The lowest BCUT2D eigenvalue weighted by atomic mass is 10.2. The number of likely N-dealkylation sites (tertiary alicyclic amines) is 1. The van der Waals surface area contributed by atoms with E-state index >= 15 is 0 Å². The largest absolute Gasteiger partial charge is 0.377 e. The Kier molecular flexibility index (Phi) is 6.57. The van der Waals surface area contributed by atoms with Crippen molar-refractivity contribution in [3.8, 4) is 0 Å². The van der Waals surface area contributed by atoms with E-state index in [2.05, 4.69) is 29.1 Å². The standard InChI is InChI=1S/C15H31N3O/c1-3-18-9-4-6-14(18)13-17(2)10-8-16-12-15-7-5-11-19-15/h14-16H,3-13H2,1-2H3. The lowest BCUT2D eigenvalue weighted by Crippen LogP contribution is -2.41. The molecule has 0 spiro atoms. The van der Waals surface area contributed by atoms with Crippen molar-refractivity contribution in [2.24, 2.45) is 0 Å². The molecule has 2 rings (SSSR count). The number of rotatable bonds is 8. The molecule has 0 aromatic carbocycles. The van der Waals surface area contributed by atoms with E-state index in [1.165, 1.54) is 45.3 Å². The van der Waals surface area contributed by atoms with Crippen LogP contribution in [0.15, 0.2) is 0 Å². The summed E-state index contributed by atoms with van der Waals surface area (Å²) >= 11 is 0. The van der Waals surface area contributed by atoms with Crippen LogP contribution in [0.5, 0.6) is 0 Å². The molecule has 0 amide bonds. The molecule has 2 saturated heterocycles. The van der Waals surface area contributed by atoms with E-state index < -0.39 is 0 Å². The number of hydrogen-bond donors (Lipinski definition) is 1. The molecule has 0 aliphatic carbocycles. The summed E-state index contributed by atoms with van der Waals surface area (Å²) in [6, 6.07) is 0.785. The smallest absolute Gasteiger partial charge is 0.0700 e. The van der Waals surface area contributed by atoms with Crippen molar-refractivity contribution in [1.82, 2.24) is 15.1 Å². The molecule has 19 heavy (non-hydrogen) atoms. The zero-order valence-electron chi connectivity index (χ0n) is 12.7. The molecule has 0 radical (unpaired) electrons. The zero-order chi connectivity index (χ0) is 13.5. The molecule has 0 saturated carbocycles. The van der Waals surface area contributed by atoms with E-state index in [9.17, 15) is 0 Å². The van der Waals surface area contributed by atoms with Gasteiger partial charge in [-0.1, -0.05) is 6.92 Å². The van der Waals surface area contributed by atoms with Crippen LogP contribution in [0.4, 0.5) is 0 Å². The second kappa shape index (κ2) is 8.20. The van der Waals surface area contributed by atoms with Gasteiger partial charge in [0.05, 0.1) is 6.10 Å². The SMILES string of the molecule is CCN1CCCC1CN(C)CCNCC1CCCO1. The maximum Gasteiger partial charge on any atom is 0.0700 e. The van der Waals surface area contributed by atoms with Crippen LogP contribution in [0.2, 0.25) is 0 Å². The number of nitrogens with zero attached hydrogens (tertiary/aromatic N) is 2. The molecule has 2 unspecified atom stereocenters. The summed E-state index contributed by atoms with van der Waals surface area (Å²) in [4.78, 5) is 5.09. The van der Waals surface area contributed by atoms with Gasteiger partial charge in [-0.15, -0.1) is 0 Å². The second-order valence-corrected chi connectivity index (χ2v) is 6.03. The molecular formula is C15H31N3O. The van der Waals surface area contributed by atoms with Gasteiger partial charge < -0.3 is 15.0 Å². The Balaban J connectivity index is 1.52. The fourth-order valence-electron chi connectivity index (χ4n) is 3.31. The van der Waals surface area contributed by atoms with Crippen molar-refractivity contribution >= 4 is 0 Å². The van der Waals surface area contributed by atoms with Gasteiger partial charge in [0.25, 0.3) is 0 Å². The van der Waals surface area contributed by atoms with Crippen LogP contribution in [0.3, 0.4) is 0 Å². The van der Waals surface area contributed by atoms with Crippen molar-refractivity contribution in [2.45, 2.75) is 44.8 Å². The van der Waals surface area contributed by atoms with Gasteiger partial charge in [-0.3, -0.25) is 4.90 Å². The van der Waals surface area contributed by atoms with Crippen molar-refractivity contribution < 1.29 is 4.74 Å². The Bertz CT molecular complexity index is 244. The van der Waals surface area contributed by atoms with Crippen LogP contribution < -0.4 is 5.32 Å². The first-order chi connectivity index (χ1) is 9.29. The molecule has 0 aromatic heterocycles. The Labute approximate surface area is 118 Å². The fourth-order valence-corrected chi connectivity index (χ4v) is 3.31. The summed E-state index contributed by atoms with van der Waals surface area (Å²) in [6.45, 7) is 10.2. The van der Waals surface area contributed by atoms with Gasteiger partial charge >= 0.3 is 0 Å². The molecule has 0 bridgehead atoms. The van der Waals surface area contributed by atoms with Crippen LogP contribution >= 0.6 is 0 Å². The molecule has 4 heteroatoms. The molecule has 112 valence electrons. The van der Waals surface area contributed by atoms with Crippen molar-refractivity contribution in [3.05, 3.63) is 0 Å². The average Bonchev–Trinajstić information content (AvgIpc) is 3.05. The number of ether oxygens (including phenoxy) is 1. The monoisotopic (exact) mass is 269 g/mol. The lowest BCUT2D eigenvalue weighted by Gasteiger charge is -2.27. The van der Waals surface area contributed by atoms with Crippen LogP contribution in [0.1, 0.15) is 32.6 Å². The van der Waals surface area contributed by atoms with Gasteiger partial charge in [0, 0.05) is 38.8 Å². The number of likely N-dealkylation sites (N-methyl/N-ethyl adjacent to an activating group) is 2. The second-order valence-electron chi connectivity index (χ2n) is 6.03. The van der Waals surface area contributed by atoms with Gasteiger partial charge in [-0.25, -0.2) is 0 Å². The molecule has 0 aromatic rings. The summed E-state index contributed by atoms with van der Waals surface area (Å²) < 4.78 is 5.61. The molecule has 2 aliphatic heterocycles. The van der Waals surface area contributed by atoms with E-state index in [0.29, 0.717) is 6.10 Å². The van der Waals surface area contributed by atoms with Crippen molar-refractivity contribution in [2.75, 3.05) is 52.9 Å². The van der Waals surface area contributed by atoms with Gasteiger partial charge in [0.2, 0.25) is 0 Å². The molecular weight excluding hydrogens is 238 g/mol. The van der Waals surface area contributed by atoms with E-state index in [-0.39, 0.29) is 0 Å². The predicted octanol–water partition coefficient (Wildman–Crippen LogP) is 1.17. The normalized spacial score (nSPS) is 28.6. The minimum atomic E-state index is 0.468. The van der Waals surface area contributed by atoms with Gasteiger partial charge in [-0.2, -0.15) is 0 Å². The van der Waals surface area contributed by atoms with E-state index in [1.807, 2.05) is 0 Å². The lowest BCUT2D eigenvalue weighted by molar-refractivity contribution is 0.109. The summed E-state index contributed by atoms with van der Waals surface area (Å²) in [5.74, 6) is 0.